The molecular weight excluding hydrogens is 269 g/mol. The van der Waals surface area contributed by atoms with E-state index in [1.165, 1.54) is 0 Å². The Morgan fingerprint density at radius 2 is 2.17 bits per heavy atom. The maximum atomic E-state index is 10.4. The minimum absolute atomic E-state index is 0. The summed E-state index contributed by atoms with van der Waals surface area (Å²) in [5.41, 5.74) is 1.01. The Labute approximate surface area is 120 Å². The Morgan fingerprint density at radius 1 is 1.44 bits per heavy atom. The van der Waals surface area contributed by atoms with Crippen molar-refractivity contribution in [2.45, 2.75) is 50.8 Å². The van der Waals surface area contributed by atoms with Crippen LogP contribution in [0.25, 0.3) is 0 Å². The molecule has 0 unspecified atom stereocenters. The number of piperidine rings is 1. The second-order valence-electron chi connectivity index (χ2n) is 5.53. The van der Waals surface area contributed by atoms with E-state index in [0.717, 1.165) is 24.8 Å². The maximum absolute atomic E-state index is 10.4. The summed E-state index contributed by atoms with van der Waals surface area (Å²) in [6.45, 7) is 4.37. The number of hydrogen-bond acceptors (Lipinski definition) is 2. The summed E-state index contributed by atoms with van der Waals surface area (Å²) < 4.78 is 0. The van der Waals surface area contributed by atoms with Gasteiger partial charge in [-0.2, -0.15) is 0 Å². The third-order valence-electron chi connectivity index (χ3n) is 3.46. The molecule has 2 N–H and O–H groups in total. The summed E-state index contributed by atoms with van der Waals surface area (Å²) in [6, 6.07) is 7.61. The standard InChI is InChI=1S/C14H20ClNO.ClH/c1-14(2)8-4-7-12(16-14)13(17)10-5-3-6-11(15)9-10;/h3,5-6,9,12-13,16-17H,4,7-8H2,1-2H3;1H/t12-,13-;/m1./s1. The van der Waals surface area contributed by atoms with Crippen molar-refractivity contribution >= 4 is 24.0 Å². The molecular formula is C14H21Cl2NO. The van der Waals surface area contributed by atoms with E-state index in [1.54, 1.807) is 0 Å². The fraction of sp³-hybridized carbons (Fsp3) is 0.571. The van der Waals surface area contributed by atoms with Gasteiger partial charge in [-0.05, 0) is 50.8 Å². The van der Waals surface area contributed by atoms with Gasteiger partial charge in [0.15, 0.2) is 0 Å². The van der Waals surface area contributed by atoms with E-state index in [0.29, 0.717) is 5.02 Å². The highest BCUT2D eigenvalue weighted by molar-refractivity contribution is 6.30. The first-order valence-electron chi connectivity index (χ1n) is 6.19. The number of rotatable bonds is 2. The van der Waals surface area contributed by atoms with Gasteiger partial charge in [0.1, 0.15) is 0 Å². The van der Waals surface area contributed by atoms with E-state index in [-0.39, 0.29) is 24.0 Å². The number of hydrogen-bond donors (Lipinski definition) is 2. The fourth-order valence-electron chi connectivity index (χ4n) is 2.57. The summed E-state index contributed by atoms with van der Waals surface area (Å²) in [4.78, 5) is 0. The fourth-order valence-corrected chi connectivity index (χ4v) is 2.77. The third kappa shape index (κ3) is 3.86. The molecule has 1 aromatic rings. The number of benzene rings is 1. The molecule has 1 saturated heterocycles. The van der Waals surface area contributed by atoms with Gasteiger partial charge in [-0.1, -0.05) is 23.7 Å². The monoisotopic (exact) mass is 289 g/mol. The molecule has 0 radical (unpaired) electrons. The Hall–Kier alpha value is -0.280. The predicted octanol–water partition coefficient (Wildman–Crippen LogP) is 3.72. The van der Waals surface area contributed by atoms with Crippen LogP contribution < -0.4 is 5.32 Å². The van der Waals surface area contributed by atoms with Gasteiger partial charge in [-0.15, -0.1) is 12.4 Å². The lowest BCUT2D eigenvalue weighted by molar-refractivity contribution is 0.0844. The largest absolute Gasteiger partial charge is 0.387 e. The molecule has 2 nitrogen and oxygen atoms in total. The molecule has 1 aliphatic rings. The predicted molar refractivity (Wildman–Crippen MR) is 78.5 cm³/mol. The van der Waals surface area contributed by atoms with Crippen molar-refractivity contribution in [1.82, 2.24) is 5.32 Å². The van der Waals surface area contributed by atoms with Crippen LogP contribution in [0.2, 0.25) is 5.02 Å². The van der Waals surface area contributed by atoms with Gasteiger partial charge in [-0.3, -0.25) is 0 Å². The average Bonchev–Trinajstić information content (AvgIpc) is 2.26. The quantitative estimate of drug-likeness (QED) is 0.870. The number of halogens is 2. The lowest BCUT2D eigenvalue weighted by Gasteiger charge is -2.39. The van der Waals surface area contributed by atoms with Gasteiger partial charge in [0.25, 0.3) is 0 Å². The molecule has 0 bridgehead atoms. The Kier molecular flexibility index (Phi) is 5.47. The van der Waals surface area contributed by atoms with Gasteiger partial charge >= 0.3 is 0 Å². The van der Waals surface area contributed by atoms with Gasteiger partial charge in [0.2, 0.25) is 0 Å². The van der Waals surface area contributed by atoms with E-state index in [1.807, 2.05) is 24.3 Å². The van der Waals surface area contributed by atoms with Crippen LogP contribution in [0.15, 0.2) is 24.3 Å². The van der Waals surface area contributed by atoms with Gasteiger partial charge in [0.05, 0.1) is 6.10 Å². The first kappa shape index (κ1) is 15.8. The smallest absolute Gasteiger partial charge is 0.0943 e. The van der Waals surface area contributed by atoms with Crippen LogP contribution in [0, 0.1) is 0 Å². The van der Waals surface area contributed by atoms with Crippen molar-refractivity contribution in [3.63, 3.8) is 0 Å². The van der Waals surface area contributed by atoms with Crippen molar-refractivity contribution in [2.24, 2.45) is 0 Å². The lowest BCUT2D eigenvalue weighted by atomic mass is 9.86. The molecule has 0 spiro atoms. The summed E-state index contributed by atoms with van der Waals surface area (Å²) in [6.07, 6.45) is 2.85. The van der Waals surface area contributed by atoms with E-state index in [4.69, 9.17) is 11.6 Å². The maximum Gasteiger partial charge on any atom is 0.0943 e. The zero-order chi connectivity index (χ0) is 12.5. The molecule has 1 fully saturated rings. The Morgan fingerprint density at radius 3 is 2.78 bits per heavy atom. The summed E-state index contributed by atoms with van der Waals surface area (Å²) in [7, 11) is 0. The normalized spacial score (nSPS) is 24.1. The van der Waals surface area contributed by atoms with Crippen LogP contribution in [0.1, 0.15) is 44.8 Å². The summed E-state index contributed by atoms with van der Waals surface area (Å²) in [5.74, 6) is 0. The average molecular weight is 290 g/mol. The Bertz CT molecular complexity index is 395. The molecule has 2 atom stereocenters. The zero-order valence-electron chi connectivity index (χ0n) is 10.8. The second-order valence-corrected chi connectivity index (χ2v) is 5.96. The molecule has 18 heavy (non-hydrogen) atoms. The van der Waals surface area contributed by atoms with Crippen LogP contribution in [-0.2, 0) is 0 Å². The minimum Gasteiger partial charge on any atom is -0.387 e. The third-order valence-corrected chi connectivity index (χ3v) is 3.70. The van der Waals surface area contributed by atoms with E-state index < -0.39 is 6.10 Å². The molecule has 1 heterocycles. The van der Waals surface area contributed by atoms with Gasteiger partial charge in [0, 0.05) is 16.6 Å². The zero-order valence-corrected chi connectivity index (χ0v) is 12.4. The van der Waals surface area contributed by atoms with Crippen molar-refractivity contribution in [3.05, 3.63) is 34.9 Å². The molecule has 0 aliphatic carbocycles. The molecule has 1 aliphatic heterocycles. The van der Waals surface area contributed by atoms with Crippen molar-refractivity contribution in [1.29, 1.82) is 0 Å². The van der Waals surface area contributed by atoms with Crippen molar-refractivity contribution in [2.75, 3.05) is 0 Å². The molecule has 0 aromatic heterocycles. The summed E-state index contributed by atoms with van der Waals surface area (Å²) in [5, 5.41) is 14.6. The van der Waals surface area contributed by atoms with Crippen LogP contribution in [-0.4, -0.2) is 16.7 Å². The van der Waals surface area contributed by atoms with Gasteiger partial charge < -0.3 is 10.4 Å². The van der Waals surface area contributed by atoms with Crippen LogP contribution in [0.3, 0.4) is 0 Å². The highest BCUT2D eigenvalue weighted by Gasteiger charge is 2.31. The highest BCUT2D eigenvalue weighted by atomic mass is 35.5. The Balaban J connectivity index is 0.00000162. The SMILES string of the molecule is CC1(C)CCC[C@H]([C@H](O)c2cccc(Cl)c2)N1.Cl. The molecule has 0 saturated carbocycles. The molecule has 1 aromatic carbocycles. The van der Waals surface area contributed by atoms with E-state index in [2.05, 4.69) is 19.2 Å². The van der Waals surface area contributed by atoms with Crippen molar-refractivity contribution < 1.29 is 5.11 Å². The highest BCUT2D eigenvalue weighted by Crippen LogP contribution is 2.29. The second kappa shape index (κ2) is 6.25. The molecule has 102 valence electrons. The van der Waals surface area contributed by atoms with Crippen LogP contribution >= 0.6 is 24.0 Å². The van der Waals surface area contributed by atoms with Crippen LogP contribution in [0.4, 0.5) is 0 Å². The van der Waals surface area contributed by atoms with Gasteiger partial charge in [-0.25, -0.2) is 0 Å². The topological polar surface area (TPSA) is 32.3 Å². The molecule has 2 rings (SSSR count). The van der Waals surface area contributed by atoms with E-state index >= 15 is 0 Å². The molecule has 0 amide bonds. The van der Waals surface area contributed by atoms with Crippen LogP contribution in [0.5, 0.6) is 0 Å². The lowest BCUT2D eigenvalue weighted by Crippen LogP contribution is -2.51. The van der Waals surface area contributed by atoms with E-state index in [9.17, 15) is 5.11 Å². The summed E-state index contributed by atoms with van der Waals surface area (Å²) >= 11 is 5.95. The number of aliphatic hydroxyl groups excluding tert-OH is 1. The molecule has 4 heteroatoms. The first-order chi connectivity index (χ1) is 7.98. The van der Waals surface area contributed by atoms with Crippen molar-refractivity contribution in [3.8, 4) is 0 Å². The number of aliphatic hydroxyl groups is 1. The minimum atomic E-state index is -0.478. The first-order valence-corrected chi connectivity index (χ1v) is 6.57. The number of nitrogens with one attached hydrogen (secondary N) is 1.